The third kappa shape index (κ3) is 10.1. The number of hydrogen-bond acceptors (Lipinski definition) is 4. The molecule has 0 radical (unpaired) electrons. The van der Waals surface area contributed by atoms with E-state index in [2.05, 4.69) is 58.9 Å². The van der Waals surface area contributed by atoms with Crippen LogP contribution in [0, 0.1) is 0 Å². The molecule has 0 amide bonds. The van der Waals surface area contributed by atoms with Crippen molar-refractivity contribution in [3.63, 3.8) is 0 Å². The third-order valence-electron chi connectivity index (χ3n) is 1.86. The Morgan fingerprint density at radius 2 is 1.00 bits per heavy atom. The van der Waals surface area contributed by atoms with Crippen LogP contribution < -0.4 is 0 Å². The maximum atomic E-state index is 9.03. The standard InChI is InChI=1S/C12H32O4Si4/c1-17(2,3)14-20(12-10-11-13,15-18(4,5)6)16-19(7,8)9/h10-11,13H,12H2,1-9H3. The Labute approximate surface area is 128 Å². The van der Waals surface area contributed by atoms with Crippen molar-refractivity contribution in [2.75, 3.05) is 0 Å². The SMILES string of the molecule is C[Si](C)(C)O[Si](CC=CO)(O[Si](C)(C)C)O[Si](C)(C)C. The molecule has 0 fully saturated rings. The summed E-state index contributed by atoms with van der Waals surface area (Å²) >= 11 is 0. The van der Waals surface area contributed by atoms with Crippen molar-refractivity contribution in [3.8, 4) is 0 Å². The van der Waals surface area contributed by atoms with Crippen molar-refractivity contribution in [2.45, 2.75) is 65.0 Å². The van der Waals surface area contributed by atoms with Gasteiger partial charge < -0.3 is 17.5 Å². The average molecular weight is 353 g/mol. The summed E-state index contributed by atoms with van der Waals surface area (Å²) in [4.78, 5) is 0. The van der Waals surface area contributed by atoms with Crippen LogP contribution in [0.2, 0.25) is 65.0 Å². The molecule has 0 aromatic carbocycles. The number of rotatable bonds is 8. The van der Waals surface area contributed by atoms with Crippen LogP contribution in [0.3, 0.4) is 0 Å². The van der Waals surface area contributed by atoms with Gasteiger partial charge in [-0.25, -0.2) is 0 Å². The predicted octanol–water partition coefficient (Wildman–Crippen LogP) is 4.55. The lowest BCUT2D eigenvalue weighted by molar-refractivity contribution is 0.256. The van der Waals surface area contributed by atoms with Gasteiger partial charge in [-0.05, 0) is 65.0 Å². The molecule has 1 N–H and O–H groups in total. The van der Waals surface area contributed by atoms with Crippen LogP contribution >= 0.6 is 0 Å². The minimum atomic E-state index is -2.78. The summed E-state index contributed by atoms with van der Waals surface area (Å²) in [6, 6.07) is 0.544. The van der Waals surface area contributed by atoms with E-state index in [1.54, 1.807) is 6.08 Å². The molecular formula is C12H32O4Si4. The van der Waals surface area contributed by atoms with Crippen LogP contribution in [0.4, 0.5) is 0 Å². The molecule has 120 valence electrons. The van der Waals surface area contributed by atoms with Gasteiger partial charge in [0.25, 0.3) is 0 Å². The Kier molecular flexibility index (Phi) is 7.13. The number of allylic oxidation sites excluding steroid dienone is 1. The zero-order valence-electron chi connectivity index (χ0n) is 14.5. The molecule has 0 spiro atoms. The smallest absolute Gasteiger partial charge is 0.473 e. The summed E-state index contributed by atoms with van der Waals surface area (Å²) in [6.07, 6.45) is 2.77. The molecule has 0 aliphatic heterocycles. The second-order valence-electron chi connectivity index (χ2n) is 7.92. The van der Waals surface area contributed by atoms with Gasteiger partial charge in [0.2, 0.25) is 0 Å². The number of aliphatic hydroxyl groups is 1. The summed E-state index contributed by atoms with van der Waals surface area (Å²) in [5, 5.41) is 9.03. The molecule has 0 rings (SSSR count). The highest BCUT2D eigenvalue weighted by Crippen LogP contribution is 2.29. The molecule has 0 aliphatic rings. The van der Waals surface area contributed by atoms with E-state index in [0.717, 1.165) is 6.26 Å². The molecular weight excluding hydrogens is 320 g/mol. The van der Waals surface area contributed by atoms with E-state index in [0.29, 0.717) is 6.04 Å². The molecule has 0 aliphatic carbocycles. The van der Waals surface area contributed by atoms with Crippen LogP contribution in [0.5, 0.6) is 0 Å². The fourth-order valence-electron chi connectivity index (χ4n) is 1.78. The quantitative estimate of drug-likeness (QED) is 0.514. The first kappa shape index (κ1) is 20.3. The highest BCUT2D eigenvalue weighted by Gasteiger charge is 2.49. The van der Waals surface area contributed by atoms with E-state index in [9.17, 15) is 0 Å². The first-order valence-corrected chi connectivity index (χ1v) is 19.2. The van der Waals surface area contributed by atoms with Crippen LogP contribution in [0.1, 0.15) is 0 Å². The van der Waals surface area contributed by atoms with E-state index in [1.165, 1.54) is 0 Å². The van der Waals surface area contributed by atoms with E-state index in [1.807, 2.05) is 0 Å². The van der Waals surface area contributed by atoms with Gasteiger partial charge in [0.05, 0.1) is 6.26 Å². The second kappa shape index (κ2) is 7.03. The normalized spacial score (nSPS) is 15.1. The minimum Gasteiger partial charge on any atom is -0.516 e. The Bertz CT molecular complexity index is 285. The van der Waals surface area contributed by atoms with E-state index >= 15 is 0 Å². The summed E-state index contributed by atoms with van der Waals surface area (Å²) in [5.74, 6) is 0. The predicted molar refractivity (Wildman–Crippen MR) is 95.6 cm³/mol. The lowest BCUT2D eigenvalue weighted by Gasteiger charge is -2.42. The van der Waals surface area contributed by atoms with Crippen molar-refractivity contribution < 1.29 is 17.5 Å². The van der Waals surface area contributed by atoms with Crippen LogP contribution in [0.25, 0.3) is 0 Å². The largest absolute Gasteiger partial charge is 0.516 e. The summed E-state index contributed by atoms with van der Waals surface area (Å²) < 4.78 is 19.3. The molecule has 4 nitrogen and oxygen atoms in total. The Morgan fingerprint density at radius 1 is 0.700 bits per heavy atom. The lowest BCUT2D eigenvalue weighted by Crippen LogP contribution is -2.60. The first-order chi connectivity index (χ1) is 8.68. The van der Waals surface area contributed by atoms with Crippen molar-refractivity contribution in [2.24, 2.45) is 0 Å². The van der Waals surface area contributed by atoms with Crippen molar-refractivity contribution in [1.82, 2.24) is 0 Å². The molecule has 0 atom stereocenters. The molecule has 0 bridgehead atoms. The summed E-state index contributed by atoms with van der Waals surface area (Å²) in [6.45, 7) is 19.4. The fourth-order valence-corrected chi connectivity index (χ4v) is 16.0. The van der Waals surface area contributed by atoms with Gasteiger partial charge in [-0.2, -0.15) is 0 Å². The Balaban J connectivity index is 5.50. The first-order valence-electron chi connectivity index (χ1n) is 7.08. The van der Waals surface area contributed by atoms with Gasteiger partial charge in [0.15, 0.2) is 25.0 Å². The minimum absolute atomic E-state index is 0.544. The van der Waals surface area contributed by atoms with Crippen molar-refractivity contribution in [1.29, 1.82) is 0 Å². The molecule has 8 heteroatoms. The van der Waals surface area contributed by atoms with E-state index < -0.39 is 33.8 Å². The van der Waals surface area contributed by atoms with Gasteiger partial charge in [-0.3, -0.25) is 0 Å². The maximum absolute atomic E-state index is 9.03. The number of aliphatic hydroxyl groups excluding tert-OH is 1. The van der Waals surface area contributed by atoms with Gasteiger partial charge in [-0.1, -0.05) is 0 Å². The van der Waals surface area contributed by atoms with Gasteiger partial charge in [0.1, 0.15) is 0 Å². The maximum Gasteiger partial charge on any atom is 0.473 e. The van der Waals surface area contributed by atoms with Crippen LogP contribution in [0.15, 0.2) is 12.3 Å². The Morgan fingerprint density at radius 3 is 1.20 bits per heavy atom. The summed E-state index contributed by atoms with van der Waals surface area (Å²) in [5.41, 5.74) is 0. The molecule has 0 saturated carbocycles. The Hall–Kier alpha value is 0.288. The molecule has 0 aromatic rings. The molecule has 0 heterocycles. The van der Waals surface area contributed by atoms with Crippen LogP contribution in [-0.4, -0.2) is 38.9 Å². The average Bonchev–Trinajstić information content (AvgIpc) is 2.05. The molecule has 0 saturated heterocycles. The summed E-state index contributed by atoms with van der Waals surface area (Å²) in [7, 11) is -8.19. The fraction of sp³-hybridized carbons (Fsp3) is 0.833. The molecule has 0 unspecified atom stereocenters. The highest BCUT2D eigenvalue weighted by molar-refractivity contribution is 6.90. The van der Waals surface area contributed by atoms with Crippen molar-refractivity contribution in [3.05, 3.63) is 12.3 Å². The second-order valence-corrected chi connectivity index (χ2v) is 24.8. The van der Waals surface area contributed by atoms with Gasteiger partial charge >= 0.3 is 8.80 Å². The zero-order chi connectivity index (χ0) is 16.2. The zero-order valence-corrected chi connectivity index (χ0v) is 18.5. The molecule has 20 heavy (non-hydrogen) atoms. The topological polar surface area (TPSA) is 47.9 Å². The van der Waals surface area contributed by atoms with Gasteiger partial charge in [0, 0.05) is 6.04 Å². The highest BCUT2D eigenvalue weighted by atomic mass is 28.5. The third-order valence-corrected chi connectivity index (χ3v) is 13.7. The number of hydrogen-bond donors (Lipinski definition) is 1. The van der Waals surface area contributed by atoms with Crippen LogP contribution in [-0.2, 0) is 12.3 Å². The van der Waals surface area contributed by atoms with Crippen molar-refractivity contribution >= 4 is 33.8 Å². The van der Waals surface area contributed by atoms with E-state index in [-0.39, 0.29) is 0 Å². The molecule has 0 aromatic heterocycles. The van der Waals surface area contributed by atoms with Gasteiger partial charge in [-0.15, -0.1) is 0 Å². The lowest BCUT2D eigenvalue weighted by atomic mass is 10.7. The van der Waals surface area contributed by atoms with E-state index in [4.69, 9.17) is 17.5 Å². The monoisotopic (exact) mass is 352 g/mol.